The molecule has 23 heavy (non-hydrogen) atoms. The maximum atomic E-state index is 11.9. The van der Waals surface area contributed by atoms with Crippen LogP contribution in [0.25, 0.3) is 0 Å². The fourth-order valence-electron chi connectivity index (χ4n) is 1.78. The molecule has 2 rings (SSSR count). The maximum absolute atomic E-state index is 11.9. The summed E-state index contributed by atoms with van der Waals surface area (Å²) in [7, 11) is 0. The highest BCUT2D eigenvalue weighted by Gasteiger charge is 2.11. The number of para-hydroxylation sites is 1. The second kappa shape index (κ2) is 8.24. The summed E-state index contributed by atoms with van der Waals surface area (Å²) in [6.45, 7) is -0.745. The van der Waals surface area contributed by atoms with Gasteiger partial charge in [-0.05, 0) is 24.3 Å². The number of Topliss-reactive ketones (excluding diaryl/α,β-unsaturated/α-hetero) is 1. The van der Waals surface area contributed by atoms with Crippen molar-refractivity contribution in [1.82, 2.24) is 0 Å². The number of hydrogen-bond donors (Lipinski definition) is 0. The Bertz CT molecular complexity index is 726. The summed E-state index contributed by atoms with van der Waals surface area (Å²) in [5.74, 6) is -0.709. The molecule has 0 unspecified atom stereocenters. The molecule has 0 bridgehead atoms. The van der Waals surface area contributed by atoms with Gasteiger partial charge in [0.1, 0.15) is 5.75 Å². The topological polar surface area (TPSA) is 69.7 Å². The monoisotopic (exact) mass is 376 g/mol. The second-order valence-corrected chi connectivity index (χ2v) is 5.45. The van der Waals surface area contributed by atoms with E-state index in [1.54, 1.807) is 48.5 Å². The Balaban J connectivity index is 1.83. The molecule has 0 amide bonds. The highest BCUT2D eigenvalue weighted by Crippen LogP contribution is 2.15. The van der Waals surface area contributed by atoms with Gasteiger partial charge in [0.25, 0.3) is 0 Å². The average Bonchev–Trinajstić information content (AvgIpc) is 2.58. The van der Waals surface area contributed by atoms with E-state index in [4.69, 9.17) is 9.47 Å². The van der Waals surface area contributed by atoms with E-state index in [9.17, 15) is 14.4 Å². The Morgan fingerprint density at radius 1 is 1.04 bits per heavy atom. The van der Waals surface area contributed by atoms with Crippen LogP contribution in [-0.4, -0.2) is 31.3 Å². The number of benzene rings is 2. The lowest BCUT2D eigenvalue weighted by Gasteiger charge is -2.08. The molecule has 0 aliphatic carbocycles. The minimum absolute atomic E-state index is 0.290. The molecule has 0 N–H and O–H groups in total. The molecule has 118 valence electrons. The number of aldehydes is 1. The molecular formula is C17H13BrO5. The van der Waals surface area contributed by atoms with Crippen LogP contribution < -0.4 is 4.74 Å². The van der Waals surface area contributed by atoms with Gasteiger partial charge in [-0.1, -0.05) is 40.2 Å². The van der Waals surface area contributed by atoms with Crippen LogP contribution in [0.15, 0.2) is 53.0 Å². The summed E-state index contributed by atoms with van der Waals surface area (Å²) in [6, 6.07) is 13.3. The third-order valence-corrected chi connectivity index (χ3v) is 3.40. The van der Waals surface area contributed by atoms with Gasteiger partial charge in [0.15, 0.2) is 25.3 Å². The van der Waals surface area contributed by atoms with Crippen LogP contribution in [0.4, 0.5) is 0 Å². The molecule has 0 saturated heterocycles. The summed E-state index contributed by atoms with van der Waals surface area (Å²) in [6.07, 6.45) is 0.636. The van der Waals surface area contributed by atoms with Crippen LogP contribution >= 0.6 is 15.9 Å². The van der Waals surface area contributed by atoms with Crippen LogP contribution in [0.2, 0.25) is 0 Å². The van der Waals surface area contributed by atoms with Gasteiger partial charge in [-0.2, -0.15) is 0 Å². The van der Waals surface area contributed by atoms with Crippen molar-refractivity contribution in [3.63, 3.8) is 0 Å². The first-order valence-electron chi connectivity index (χ1n) is 6.71. The minimum Gasteiger partial charge on any atom is -0.481 e. The van der Waals surface area contributed by atoms with Crippen molar-refractivity contribution >= 4 is 34.0 Å². The Kier molecular flexibility index (Phi) is 6.05. The van der Waals surface area contributed by atoms with Gasteiger partial charge in [0.05, 0.1) is 5.56 Å². The van der Waals surface area contributed by atoms with E-state index in [1.807, 2.05) is 0 Å². The lowest BCUT2D eigenvalue weighted by atomic mass is 10.1. The van der Waals surface area contributed by atoms with Crippen LogP contribution in [0.1, 0.15) is 20.7 Å². The smallest absolute Gasteiger partial charge is 0.344 e. The Morgan fingerprint density at radius 2 is 1.83 bits per heavy atom. The molecular weight excluding hydrogens is 364 g/mol. The number of hydrogen-bond acceptors (Lipinski definition) is 5. The number of carbonyl (C=O) groups excluding carboxylic acids is 3. The molecule has 5 nitrogen and oxygen atoms in total. The van der Waals surface area contributed by atoms with Crippen LogP contribution in [0, 0.1) is 0 Å². The van der Waals surface area contributed by atoms with E-state index in [-0.39, 0.29) is 24.7 Å². The van der Waals surface area contributed by atoms with E-state index in [1.165, 1.54) is 0 Å². The van der Waals surface area contributed by atoms with Gasteiger partial charge in [0.2, 0.25) is 0 Å². The zero-order valence-electron chi connectivity index (χ0n) is 12.0. The van der Waals surface area contributed by atoms with Gasteiger partial charge in [-0.3, -0.25) is 9.59 Å². The average molecular weight is 377 g/mol. The van der Waals surface area contributed by atoms with Crippen molar-refractivity contribution in [2.75, 3.05) is 13.2 Å². The fraction of sp³-hybridized carbons (Fsp3) is 0.118. The largest absolute Gasteiger partial charge is 0.481 e. The van der Waals surface area contributed by atoms with E-state index in [2.05, 4.69) is 15.9 Å². The number of halogens is 1. The van der Waals surface area contributed by atoms with E-state index < -0.39 is 5.97 Å². The quantitative estimate of drug-likeness (QED) is 0.421. The van der Waals surface area contributed by atoms with E-state index in [0.717, 1.165) is 4.47 Å². The summed E-state index contributed by atoms with van der Waals surface area (Å²) in [5, 5.41) is 0. The first-order chi connectivity index (χ1) is 11.1. The fourth-order valence-corrected chi connectivity index (χ4v) is 2.18. The van der Waals surface area contributed by atoms with Gasteiger partial charge < -0.3 is 9.47 Å². The van der Waals surface area contributed by atoms with Crippen LogP contribution in [0.3, 0.4) is 0 Å². The van der Waals surface area contributed by atoms with Crippen molar-refractivity contribution in [3.05, 3.63) is 64.1 Å². The second-order valence-electron chi connectivity index (χ2n) is 4.54. The lowest BCUT2D eigenvalue weighted by Crippen LogP contribution is -2.19. The summed E-state index contributed by atoms with van der Waals surface area (Å²) in [5.41, 5.74) is 0.782. The zero-order chi connectivity index (χ0) is 16.7. The number of ether oxygens (including phenoxy) is 2. The molecule has 0 aliphatic rings. The predicted octanol–water partition coefficient (Wildman–Crippen LogP) is 3.07. The molecule has 0 spiro atoms. The Hall–Kier alpha value is -2.47. The Morgan fingerprint density at radius 3 is 2.57 bits per heavy atom. The number of ketones is 1. The molecule has 2 aromatic carbocycles. The van der Waals surface area contributed by atoms with Crippen molar-refractivity contribution < 1.29 is 23.9 Å². The first kappa shape index (κ1) is 16.9. The van der Waals surface area contributed by atoms with Crippen molar-refractivity contribution in [3.8, 4) is 5.75 Å². The van der Waals surface area contributed by atoms with E-state index in [0.29, 0.717) is 17.4 Å². The lowest BCUT2D eigenvalue weighted by molar-refractivity contribution is -0.144. The minimum atomic E-state index is -0.686. The summed E-state index contributed by atoms with van der Waals surface area (Å²) in [4.78, 5) is 34.3. The van der Waals surface area contributed by atoms with Crippen LogP contribution in [-0.2, 0) is 9.53 Å². The third-order valence-electron chi connectivity index (χ3n) is 2.90. The normalized spacial score (nSPS) is 9.96. The molecule has 0 saturated carbocycles. The SMILES string of the molecule is O=Cc1ccccc1OCC(=O)OCC(=O)c1cccc(Br)c1. The van der Waals surface area contributed by atoms with Crippen LogP contribution in [0.5, 0.6) is 5.75 Å². The molecule has 0 aromatic heterocycles. The van der Waals surface area contributed by atoms with Gasteiger partial charge in [0, 0.05) is 10.0 Å². The van der Waals surface area contributed by atoms with Crippen molar-refractivity contribution in [1.29, 1.82) is 0 Å². The van der Waals surface area contributed by atoms with Gasteiger partial charge >= 0.3 is 5.97 Å². The van der Waals surface area contributed by atoms with Crippen molar-refractivity contribution in [2.24, 2.45) is 0 Å². The number of esters is 1. The molecule has 0 radical (unpaired) electrons. The molecule has 2 aromatic rings. The highest BCUT2D eigenvalue weighted by atomic mass is 79.9. The van der Waals surface area contributed by atoms with Gasteiger partial charge in [-0.25, -0.2) is 4.79 Å². The molecule has 0 atom stereocenters. The maximum Gasteiger partial charge on any atom is 0.344 e. The zero-order valence-corrected chi connectivity index (χ0v) is 13.6. The van der Waals surface area contributed by atoms with Crippen molar-refractivity contribution in [2.45, 2.75) is 0 Å². The summed E-state index contributed by atoms with van der Waals surface area (Å²) < 4.78 is 10.9. The van der Waals surface area contributed by atoms with E-state index >= 15 is 0 Å². The standard InChI is InChI=1S/C17H13BrO5/c18-14-6-3-5-12(8-14)15(20)10-23-17(21)11-22-16-7-2-1-4-13(16)9-19/h1-9H,10-11H2. The third kappa shape index (κ3) is 5.03. The summed E-state index contributed by atoms with van der Waals surface area (Å²) >= 11 is 3.27. The predicted molar refractivity (Wildman–Crippen MR) is 86.8 cm³/mol. The van der Waals surface area contributed by atoms with Gasteiger partial charge in [-0.15, -0.1) is 0 Å². The molecule has 0 heterocycles. The number of carbonyl (C=O) groups is 3. The number of rotatable bonds is 7. The molecule has 0 fully saturated rings. The molecule has 0 aliphatic heterocycles. The first-order valence-corrected chi connectivity index (χ1v) is 7.51. The molecule has 6 heteroatoms. The highest BCUT2D eigenvalue weighted by molar-refractivity contribution is 9.10. The Labute approximate surface area is 141 Å².